The number of aryl methyl sites for hydroxylation is 1. The van der Waals surface area contributed by atoms with E-state index in [1.807, 2.05) is 24.8 Å². The van der Waals surface area contributed by atoms with Gasteiger partial charge in [-0.3, -0.25) is 9.69 Å². The van der Waals surface area contributed by atoms with Crippen molar-refractivity contribution in [2.75, 3.05) is 31.6 Å². The van der Waals surface area contributed by atoms with Crippen LogP contribution in [0, 0.1) is 6.92 Å². The molecule has 2 rings (SSSR count). The van der Waals surface area contributed by atoms with Crippen molar-refractivity contribution in [3.63, 3.8) is 0 Å². The molecule has 6 heteroatoms. The highest BCUT2D eigenvalue weighted by Crippen LogP contribution is 2.19. The van der Waals surface area contributed by atoms with Gasteiger partial charge in [0.2, 0.25) is 5.91 Å². The number of rotatable bonds is 4. The number of aliphatic hydroxyl groups excluding tert-OH is 1. The molecule has 0 saturated carbocycles. The van der Waals surface area contributed by atoms with E-state index in [1.165, 1.54) is 0 Å². The van der Waals surface area contributed by atoms with Crippen molar-refractivity contribution in [2.45, 2.75) is 26.1 Å². The van der Waals surface area contributed by atoms with Crippen molar-refractivity contribution in [1.29, 1.82) is 0 Å². The van der Waals surface area contributed by atoms with Crippen molar-refractivity contribution < 1.29 is 14.6 Å². The third-order valence-corrected chi connectivity index (χ3v) is 3.67. The van der Waals surface area contributed by atoms with E-state index in [1.54, 1.807) is 12.1 Å². The monoisotopic (exact) mass is 312 g/mol. The Labute approximate surface area is 129 Å². The van der Waals surface area contributed by atoms with Crippen LogP contribution in [0.25, 0.3) is 0 Å². The van der Waals surface area contributed by atoms with Gasteiger partial charge in [0.05, 0.1) is 25.4 Å². The molecule has 1 aliphatic heterocycles. The number of hydrogen-bond acceptors (Lipinski definition) is 4. The summed E-state index contributed by atoms with van der Waals surface area (Å²) in [6, 6.07) is 5.37. The van der Waals surface area contributed by atoms with Gasteiger partial charge in [0.1, 0.15) is 0 Å². The minimum Gasteiger partial charge on any atom is -0.394 e. The number of anilines is 1. The summed E-state index contributed by atoms with van der Waals surface area (Å²) < 4.78 is 5.56. The maximum absolute atomic E-state index is 12.1. The van der Waals surface area contributed by atoms with Crippen LogP contribution in [-0.4, -0.2) is 54.4 Å². The second kappa shape index (κ2) is 7.22. The van der Waals surface area contributed by atoms with Gasteiger partial charge in [-0.1, -0.05) is 11.6 Å². The summed E-state index contributed by atoms with van der Waals surface area (Å²) in [5, 5.41) is 12.7. The van der Waals surface area contributed by atoms with Crippen LogP contribution in [0.5, 0.6) is 0 Å². The van der Waals surface area contributed by atoms with E-state index < -0.39 is 0 Å². The third-order valence-electron chi connectivity index (χ3n) is 3.44. The van der Waals surface area contributed by atoms with Crippen LogP contribution in [0.15, 0.2) is 18.2 Å². The third kappa shape index (κ3) is 4.68. The summed E-state index contributed by atoms with van der Waals surface area (Å²) >= 11 is 5.90. The Bertz CT molecular complexity index is 510. The molecule has 0 bridgehead atoms. The van der Waals surface area contributed by atoms with E-state index in [0.29, 0.717) is 18.1 Å². The predicted molar refractivity (Wildman–Crippen MR) is 82.7 cm³/mol. The topological polar surface area (TPSA) is 61.8 Å². The molecular formula is C15H21ClN2O3. The number of ether oxygens (including phenoxy) is 1. The number of morpholine rings is 1. The SMILES string of the molecule is Cc1cc(Cl)ccc1NC(=O)CN1CC(C)OC(CO)C1. The van der Waals surface area contributed by atoms with Crippen LogP contribution in [0.2, 0.25) is 5.02 Å². The van der Waals surface area contributed by atoms with Crippen molar-refractivity contribution >= 4 is 23.2 Å². The van der Waals surface area contributed by atoms with Gasteiger partial charge in [0.15, 0.2) is 0 Å². The molecule has 0 spiro atoms. The Morgan fingerprint density at radius 1 is 1.52 bits per heavy atom. The van der Waals surface area contributed by atoms with Crippen molar-refractivity contribution in [3.8, 4) is 0 Å². The predicted octanol–water partition coefficient (Wildman–Crippen LogP) is 1.67. The zero-order valence-electron chi connectivity index (χ0n) is 12.3. The number of aliphatic hydroxyl groups is 1. The number of amides is 1. The van der Waals surface area contributed by atoms with Crippen molar-refractivity contribution in [1.82, 2.24) is 4.90 Å². The molecule has 116 valence electrons. The molecule has 1 aliphatic rings. The van der Waals surface area contributed by atoms with Gasteiger partial charge >= 0.3 is 0 Å². The molecule has 1 saturated heterocycles. The molecule has 21 heavy (non-hydrogen) atoms. The van der Waals surface area contributed by atoms with Crippen LogP contribution in [0.3, 0.4) is 0 Å². The number of benzene rings is 1. The van der Waals surface area contributed by atoms with Gasteiger partial charge in [-0.2, -0.15) is 0 Å². The van der Waals surface area contributed by atoms with Crippen LogP contribution >= 0.6 is 11.6 Å². The summed E-state index contributed by atoms with van der Waals surface area (Å²) in [5.74, 6) is -0.0776. The van der Waals surface area contributed by atoms with E-state index in [9.17, 15) is 9.90 Å². The quantitative estimate of drug-likeness (QED) is 0.888. The molecule has 1 aromatic carbocycles. The van der Waals surface area contributed by atoms with Crippen molar-refractivity contribution in [2.24, 2.45) is 0 Å². The van der Waals surface area contributed by atoms with E-state index in [-0.39, 0.29) is 31.3 Å². The number of hydrogen-bond donors (Lipinski definition) is 2. The highest BCUT2D eigenvalue weighted by Gasteiger charge is 2.26. The number of carbonyl (C=O) groups is 1. The Morgan fingerprint density at radius 3 is 2.95 bits per heavy atom. The van der Waals surface area contributed by atoms with Crippen molar-refractivity contribution in [3.05, 3.63) is 28.8 Å². The van der Waals surface area contributed by atoms with Crippen LogP contribution in [0.1, 0.15) is 12.5 Å². The normalized spacial score (nSPS) is 23.0. The fourth-order valence-electron chi connectivity index (χ4n) is 2.53. The average Bonchev–Trinajstić information content (AvgIpc) is 2.41. The first-order valence-electron chi connectivity index (χ1n) is 7.02. The van der Waals surface area contributed by atoms with E-state index in [4.69, 9.17) is 16.3 Å². The molecule has 0 radical (unpaired) electrons. The van der Waals surface area contributed by atoms with Crippen LogP contribution in [0.4, 0.5) is 5.69 Å². The fourth-order valence-corrected chi connectivity index (χ4v) is 2.76. The van der Waals surface area contributed by atoms with Crippen LogP contribution < -0.4 is 5.32 Å². The minimum absolute atomic E-state index is 0.0148. The minimum atomic E-state index is -0.223. The van der Waals surface area contributed by atoms with Crippen LogP contribution in [-0.2, 0) is 9.53 Å². The zero-order chi connectivity index (χ0) is 15.4. The molecule has 0 aromatic heterocycles. The molecule has 1 heterocycles. The second-order valence-electron chi connectivity index (χ2n) is 5.45. The summed E-state index contributed by atoms with van der Waals surface area (Å²) in [4.78, 5) is 14.1. The van der Waals surface area contributed by atoms with Gasteiger partial charge in [0.25, 0.3) is 0 Å². The number of nitrogens with zero attached hydrogens (tertiary/aromatic N) is 1. The molecular weight excluding hydrogens is 292 g/mol. The molecule has 1 amide bonds. The zero-order valence-corrected chi connectivity index (χ0v) is 13.1. The lowest BCUT2D eigenvalue weighted by Gasteiger charge is -2.35. The van der Waals surface area contributed by atoms with Gasteiger partial charge in [-0.05, 0) is 37.6 Å². The number of carbonyl (C=O) groups excluding carboxylic acids is 1. The van der Waals surface area contributed by atoms with Gasteiger partial charge in [0, 0.05) is 23.8 Å². The molecule has 2 N–H and O–H groups in total. The first kappa shape index (κ1) is 16.2. The Kier molecular flexibility index (Phi) is 5.58. The number of nitrogens with one attached hydrogen (secondary N) is 1. The fraction of sp³-hybridized carbons (Fsp3) is 0.533. The highest BCUT2D eigenvalue weighted by molar-refractivity contribution is 6.30. The molecule has 2 atom stereocenters. The first-order valence-corrected chi connectivity index (χ1v) is 7.40. The van der Waals surface area contributed by atoms with Gasteiger partial charge < -0.3 is 15.2 Å². The standard InChI is InChI=1S/C15H21ClN2O3/c1-10-5-12(16)3-4-14(10)17-15(20)8-18-6-11(2)21-13(7-18)9-19/h3-5,11,13,19H,6-9H2,1-2H3,(H,17,20). The molecule has 1 aromatic rings. The number of halogens is 1. The molecule has 0 aliphatic carbocycles. The summed E-state index contributed by atoms with van der Waals surface area (Å²) in [7, 11) is 0. The van der Waals surface area contributed by atoms with E-state index in [2.05, 4.69) is 5.32 Å². The Morgan fingerprint density at radius 2 is 2.29 bits per heavy atom. The highest BCUT2D eigenvalue weighted by atomic mass is 35.5. The smallest absolute Gasteiger partial charge is 0.238 e. The lowest BCUT2D eigenvalue weighted by atomic mass is 10.2. The van der Waals surface area contributed by atoms with E-state index in [0.717, 1.165) is 11.3 Å². The maximum Gasteiger partial charge on any atom is 0.238 e. The lowest BCUT2D eigenvalue weighted by molar-refractivity contribution is -0.124. The van der Waals surface area contributed by atoms with Gasteiger partial charge in [-0.25, -0.2) is 0 Å². The average molecular weight is 313 g/mol. The summed E-state index contributed by atoms with van der Waals surface area (Å²) in [5.41, 5.74) is 1.70. The first-order chi connectivity index (χ1) is 9.97. The molecule has 5 nitrogen and oxygen atoms in total. The summed E-state index contributed by atoms with van der Waals surface area (Å²) in [6.45, 7) is 5.35. The lowest BCUT2D eigenvalue weighted by Crippen LogP contribution is -2.50. The Hall–Kier alpha value is -1.14. The Balaban J connectivity index is 1.92. The maximum atomic E-state index is 12.1. The molecule has 1 fully saturated rings. The van der Waals surface area contributed by atoms with Gasteiger partial charge in [-0.15, -0.1) is 0 Å². The summed E-state index contributed by atoms with van der Waals surface area (Å²) in [6.07, 6.45) is -0.209. The second-order valence-corrected chi connectivity index (χ2v) is 5.89. The largest absolute Gasteiger partial charge is 0.394 e. The molecule has 2 unspecified atom stereocenters. The van der Waals surface area contributed by atoms with E-state index >= 15 is 0 Å².